The fourth-order valence-corrected chi connectivity index (χ4v) is 4.61. The van der Waals surface area contributed by atoms with Gasteiger partial charge in [0.05, 0.1) is 15.6 Å². The van der Waals surface area contributed by atoms with Crippen LogP contribution in [0.15, 0.2) is 51.8 Å². The van der Waals surface area contributed by atoms with Crippen molar-refractivity contribution in [3.63, 3.8) is 0 Å². The molecular formula is C17H17BrClNO4S. The van der Waals surface area contributed by atoms with Crippen LogP contribution >= 0.6 is 27.5 Å². The summed E-state index contributed by atoms with van der Waals surface area (Å²) in [6.45, 7) is 1.89. The smallest absolute Gasteiger partial charge is 0.303 e. The van der Waals surface area contributed by atoms with Gasteiger partial charge in [-0.15, -0.1) is 0 Å². The second-order valence-corrected chi connectivity index (χ2v) is 8.67. The topological polar surface area (TPSA) is 74.7 Å². The van der Waals surface area contributed by atoms with Crippen molar-refractivity contribution in [3.05, 3.63) is 57.5 Å². The molecule has 5 nitrogen and oxygen atoms in total. The summed E-state index contributed by atoms with van der Waals surface area (Å²) in [5.74, 6) is -0.977. The summed E-state index contributed by atoms with van der Waals surface area (Å²) in [5.41, 5.74) is 1.26. The maximum atomic E-state index is 13.1. The van der Waals surface area contributed by atoms with Crippen molar-refractivity contribution >= 4 is 49.2 Å². The number of carboxylic acid groups (broad SMARTS) is 1. The first-order valence-electron chi connectivity index (χ1n) is 7.48. The Morgan fingerprint density at radius 1 is 1.20 bits per heavy atom. The van der Waals surface area contributed by atoms with E-state index in [4.69, 9.17) is 16.7 Å². The maximum absolute atomic E-state index is 13.1. The van der Waals surface area contributed by atoms with Gasteiger partial charge in [-0.3, -0.25) is 9.10 Å². The lowest BCUT2D eigenvalue weighted by molar-refractivity contribution is -0.137. The fraction of sp³-hybridized carbons (Fsp3) is 0.235. The van der Waals surface area contributed by atoms with Crippen molar-refractivity contribution in [2.24, 2.45) is 0 Å². The van der Waals surface area contributed by atoms with Crippen LogP contribution in [0.4, 0.5) is 5.69 Å². The third-order valence-electron chi connectivity index (χ3n) is 3.54. The van der Waals surface area contributed by atoms with Crippen LogP contribution in [0.5, 0.6) is 0 Å². The van der Waals surface area contributed by atoms with Crippen molar-refractivity contribution < 1.29 is 18.3 Å². The molecule has 2 rings (SSSR count). The highest BCUT2D eigenvalue weighted by atomic mass is 79.9. The van der Waals surface area contributed by atoms with Crippen LogP contribution in [0.25, 0.3) is 0 Å². The second kappa shape index (κ2) is 8.21. The highest BCUT2D eigenvalue weighted by molar-refractivity contribution is 9.10. The van der Waals surface area contributed by atoms with E-state index in [1.807, 2.05) is 6.92 Å². The molecule has 0 amide bonds. The minimum absolute atomic E-state index is 0.0177. The Bertz CT molecular complexity index is 869. The van der Waals surface area contributed by atoms with Crippen LogP contribution in [0.1, 0.15) is 18.4 Å². The Morgan fingerprint density at radius 3 is 2.40 bits per heavy atom. The number of anilines is 1. The molecule has 0 aromatic heterocycles. The summed E-state index contributed by atoms with van der Waals surface area (Å²) in [4.78, 5) is 10.9. The Balaban J connectivity index is 2.45. The van der Waals surface area contributed by atoms with Crippen LogP contribution in [0.3, 0.4) is 0 Å². The van der Waals surface area contributed by atoms with Crippen molar-refractivity contribution in [1.29, 1.82) is 0 Å². The van der Waals surface area contributed by atoms with Gasteiger partial charge in [0, 0.05) is 17.4 Å². The number of carbonyl (C=O) groups is 1. The van der Waals surface area contributed by atoms with Gasteiger partial charge in [-0.2, -0.15) is 0 Å². The quantitative estimate of drug-likeness (QED) is 0.681. The molecule has 2 aromatic carbocycles. The van der Waals surface area contributed by atoms with Crippen molar-refractivity contribution in [2.45, 2.75) is 24.7 Å². The average Bonchev–Trinajstić information content (AvgIpc) is 2.52. The predicted octanol–water partition coefficient (Wildman–Crippen LogP) is 4.47. The lowest BCUT2D eigenvalue weighted by Gasteiger charge is -2.25. The molecular weight excluding hydrogens is 430 g/mol. The van der Waals surface area contributed by atoms with Gasteiger partial charge in [0.25, 0.3) is 10.0 Å². The summed E-state index contributed by atoms with van der Waals surface area (Å²) < 4.78 is 28.0. The predicted molar refractivity (Wildman–Crippen MR) is 102 cm³/mol. The lowest BCUT2D eigenvalue weighted by Crippen LogP contribution is -2.32. The van der Waals surface area contributed by atoms with Crippen LogP contribution in [-0.4, -0.2) is 26.0 Å². The fourth-order valence-electron chi connectivity index (χ4n) is 2.27. The van der Waals surface area contributed by atoms with Gasteiger partial charge in [-0.05, 0) is 43.7 Å². The summed E-state index contributed by atoms with van der Waals surface area (Å²) in [6.07, 6.45) is 0.0425. The van der Waals surface area contributed by atoms with Gasteiger partial charge in [0.2, 0.25) is 0 Å². The number of sulfonamides is 1. The molecule has 0 bridgehead atoms. The molecule has 25 heavy (non-hydrogen) atoms. The van der Waals surface area contributed by atoms with E-state index in [2.05, 4.69) is 15.9 Å². The lowest BCUT2D eigenvalue weighted by atomic mass is 10.2. The molecule has 0 atom stereocenters. The number of aryl methyl sites for hydroxylation is 1. The van der Waals surface area contributed by atoms with Gasteiger partial charge in [-0.25, -0.2) is 8.42 Å². The first-order chi connectivity index (χ1) is 11.7. The van der Waals surface area contributed by atoms with Crippen LogP contribution in [-0.2, 0) is 14.8 Å². The summed E-state index contributed by atoms with van der Waals surface area (Å²) >= 11 is 9.52. The Hall–Kier alpha value is -1.57. The molecule has 134 valence electrons. The Kier molecular flexibility index (Phi) is 6.48. The number of aliphatic carboxylic acids is 1. The van der Waals surface area contributed by atoms with Gasteiger partial charge in [0.15, 0.2) is 0 Å². The molecule has 0 aliphatic rings. The van der Waals surface area contributed by atoms with E-state index in [0.29, 0.717) is 5.69 Å². The van der Waals surface area contributed by atoms with E-state index in [-0.39, 0.29) is 29.3 Å². The molecule has 8 heteroatoms. The minimum Gasteiger partial charge on any atom is -0.481 e. The standard InChI is InChI=1S/C17H17BrClNO4S/c1-12-4-7-14(8-5-12)25(23,24)20(10-2-3-17(21)22)16-9-6-13(18)11-15(16)19/h4-9,11H,2-3,10H2,1H3,(H,21,22). The van der Waals surface area contributed by atoms with E-state index in [9.17, 15) is 13.2 Å². The highest BCUT2D eigenvalue weighted by Gasteiger charge is 2.26. The Labute approximate surface area is 160 Å². The zero-order chi connectivity index (χ0) is 18.6. The first-order valence-corrected chi connectivity index (χ1v) is 10.1. The number of carboxylic acids is 1. The van der Waals surface area contributed by atoms with Crippen molar-refractivity contribution in [3.8, 4) is 0 Å². The SMILES string of the molecule is Cc1ccc(S(=O)(=O)N(CCCC(=O)O)c2ccc(Br)cc2Cl)cc1. The molecule has 0 fully saturated rings. The maximum Gasteiger partial charge on any atom is 0.303 e. The third kappa shape index (κ3) is 4.96. The molecule has 0 heterocycles. The first kappa shape index (κ1) is 19.8. The Morgan fingerprint density at radius 2 is 1.84 bits per heavy atom. The monoisotopic (exact) mass is 445 g/mol. The zero-order valence-corrected chi connectivity index (χ0v) is 16.6. The van der Waals surface area contributed by atoms with Crippen LogP contribution in [0, 0.1) is 6.92 Å². The van der Waals surface area contributed by atoms with Gasteiger partial charge in [0.1, 0.15) is 0 Å². The van der Waals surface area contributed by atoms with E-state index in [0.717, 1.165) is 14.3 Å². The largest absolute Gasteiger partial charge is 0.481 e. The molecule has 0 saturated carbocycles. The van der Waals surface area contributed by atoms with Gasteiger partial charge < -0.3 is 5.11 Å². The van der Waals surface area contributed by atoms with E-state index < -0.39 is 16.0 Å². The van der Waals surface area contributed by atoms with Gasteiger partial charge >= 0.3 is 5.97 Å². The second-order valence-electron chi connectivity index (χ2n) is 5.48. The molecule has 0 saturated heterocycles. The van der Waals surface area contributed by atoms with Crippen LogP contribution in [0.2, 0.25) is 5.02 Å². The molecule has 0 aliphatic heterocycles. The molecule has 0 radical (unpaired) electrons. The molecule has 1 N–H and O–H groups in total. The normalized spacial score (nSPS) is 11.3. The van der Waals surface area contributed by atoms with Crippen molar-refractivity contribution in [1.82, 2.24) is 0 Å². The summed E-state index contributed by atoms with van der Waals surface area (Å²) in [5, 5.41) is 9.10. The molecule has 2 aromatic rings. The van der Waals surface area contributed by atoms with Crippen molar-refractivity contribution in [2.75, 3.05) is 10.8 Å². The number of halogens is 2. The zero-order valence-electron chi connectivity index (χ0n) is 13.4. The summed E-state index contributed by atoms with van der Waals surface area (Å²) in [7, 11) is -3.86. The molecule has 0 aliphatic carbocycles. The number of rotatable bonds is 7. The van der Waals surface area contributed by atoms with E-state index in [1.54, 1.807) is 30.3 Å². The summed E-state index contributed by atoms with van der Waals surface area (Å²) in [6, 6.07) is 11.4. The van der Waals surface area contributed by atoms with Gasteiger partial charge in [-0.1, -0.05) is 45.2 Å². The number of hydrogen-bond acceptors (Lipinski definition) is 3. The number of hydrogen-bond donors (Lipinski definition) is 1. The van der Waals surface area contributed by atoms with E-state index in [1.165, 1.54) is 12.1 Å². The molecule has 0 unspecified atom stereocenters. The third-order valence-corrected chi connectivity index (χ3v) is 6.16. The molecule has 0 spiro atoms. The van der Waals surface area contributed by atoms with Crippen LogP contribution < -0.4 is 4.31 Å². The number of benzene rings is 2. The highest BCUT2D eigenvalue weighted by Crippen LogP contribution is 2.33. The minimum atomic E-state index is -3.86. The number of nitrogens with zero attached hydrogens (tertiary/aromatic N) is 1. The average molecular weight is 447 g/mol. The van der Waals surface area contributed by atoms with E-state index >= 15 is 0 Å².